The van der Waals surface area contributed by atoms with Gasteiger partial charge in [0.2, 0.25) is 11.8 Å². The zero-order valence-corrected chi connectivity index (χ0v) is 25.7. The molecule has 4 aromatic heterocycles. The van der Waals surface area contributed by atoms with E-state index >= 15 is 0 Å². The number of hydrogen-bond donors (Lipinski definition) is 1. The Hall–Kier alpha value is -5.76. The van der Waals surface area contributed by atoms with E-state index in [-0.39, 0.29) is 11.2 Å². The van der Waals surface area contributed by atoms with Gasteiger partial charge >= 0.3 is 12.3 Å². The Labute approximate surface area is 261 Å². The number of alkyl halides is 3. The number of rotatable bonds is 4. The van der Waals surface area contributed by atoms with E-state index in [9.17, 15) is 33.6 Å². The van der Waals surface area contributed by atoms with Gasteiger partial charge in [0.25, 0.3) is 0 Å². The average molecular weight is 628 g/mol. The van der Waals surface area contributed by atoms with E-state index in [1.165, 1.54) is 27.0 Å². The molecule has 0 aliphatic rings. The second-order valence-corrected chi connectivity index (χ2v) is 12.2. The normalized spacial score (nSPS) is 12.7. The number of benzene rings is 1. The molecular formula is C32H28F3N9O2. The van der Waals surface area contributed by atoms with E-state index in [0.717, 1.165) is 6.07 Å². The lowest BCUT2D eigenvalue weighted by Gasteiger charge is -2.33. The highest BCUT2D eigenvalue weighted by molar-refractivity contribution is 6.04. The quantitative estimate of drug-likeness (QED) is 0.225. The molecule has 0 saturated carbocycles. The van der Waals surface area contributed by atoms with Crippen molar-refractivity contribution in [3.8, 4) is 29.1 Å². The van der Waals surface area contributed by atoms with Gasteiger partial charge in [-0.15, -0.1) is 4.99 Å². The largest absolute Gasteiger partial charge is 0.465 e. The number of anilines is 1. The molecule has 0 fully saturated rings. The van der Waals surface area contributed by atoms with Crippen molar-refractivity contribution in [3.63, 3.8) is 0 Å². The van der Waals surface area contributed by atoms with E-state index in [0.29, 0.717) is 43.8 Å². The van der Waals surface area contributed by atoms with Gasteiger partial charge in [-0.3, -0.25) is 19.4 Å². The summed E-state index contributed by atoms with van der Waals surface area (Å²) in [5.41, 5.74) is 0.168. The maximum Gasteiger partial charge on any atom is 0.419 e. The summed E-state index contributed by atoms with van der Waals surface area (Å²) in [6.45, 7) is 7.92. The number of aryl methyl sites for hydroxylation is 1. The van der Waals surface area contributed by atoms with E-state index in [4.69, 9.17) is 0 Å². The molecule has 14 heteroatoms. The molecule has 0 bridgehead atoms. The molecule has 1 amide bonds. The first-order valence-corrected chi connectivity index (χ1v) is 13.9. The number of fused-ring (bicyclic) bond motifs is 3. The van der Waals surface area contributed by atoms with E-state index in [1.54, 1.807) is 72.8 Å². The number of carbonyl (C=O) groups is 1. The standard InChI is InChI=1S/C32H28F3N9O2/c1-30(2,3)44(29(45)46)27-22(32(33,34)35)12-19(13-40-27)18-7-9-23-21(11-18)26-24(15-38-23)42(6)28(41-17-37)43(26)20-8-10-25(39-14-20)31(4,5)16-36/h7-15H,1-6H3,(H,45,46). The Balaban J connectivity index is 1.79. The van der Waals surface area contributed by atoms with Gasteiger partial charge in [0.05, 0.1) is 57.4 Å². The lowest BCUT2D eigenvalue weighted by atomic mass is 9.91. The van der Waals surface area contributed by atoms with Crippen molar-refractivity contribution in [2.75, 3.05) is 4.90 Å². The molecule has 234 valence electrons. The fourth-order valence-electron chi connectivity index (χ4n) is 5.24. The minimum atomic E-state index is -4.90. The van der Waals surface area contributed by atoms with Gasteiger partial charge in [0, 0.05) is 29.7 Å². The van der Waals surface area contributed by atoms with Gasteiger partial charge in [0.1, 0.15) is 0 Å². The first-order valence-electron chi connectivity index (χ1n) is 13.9. The second kappa shape index (κ2) is 11.0. The van der Waals surface area contributed by atoms with Crippen molar-refractivity contribution >= 4 is 33.8 Å². The number of carboxylic acid groups (broad SMARTS) is 1. The van der Waals surface area contributed by atoms with Crippen LogP contribution in [0.4, 0.5) is 23.8 Å². The van der Waals surface area contributed by atoms with Crippen molar-refractivity contribution in [3.05, 3.63) is 71.9 Å². The lowest BCUT2D eigenvalue weighted by Crippen LogP contribution is -2.46. The van der Waals surface area contributed by atoms with Gasteiger partial charge in [-0.2, -0.15) is 23.7 Å². The lowest BCUT2D eigenvalue weighted by molar-refractivity contribution is -0.137. The van der Waals surface area contributed by atoms with E-state index in [1.807, 2.05) is 6.19 Å². The smallest absolute Gasteiger partial charge is 0.419 e. The van der Waals surface area contributed by atoms with Gasteiger partial charge < -0.3 is 9.67 Å². The summed E-state index contributed by atoms with van der Waals surface area (Å²) in [6, 6.07) is 11.5. The first kappa shape index (κ1) is 31.7. The topological polar surface area (TPSA) is 149 Å². The summed E-state index contributed by atoms with van der Waals surface area (Å²) in [7, 11) is 1.70. The van der Waals surface area contributed by atoms with Crippen molar-refractivity contribution in [2.45, 2.75) is 51.7 Å². The zero-order chi connectivity index (χ0) is 33.8. The van der Waals surface area contributed by atoms with Crippen molar-refractivity contribution in [1.29, 1.82) is 10.5 Å². The molecule has 1 aromatic carbocycles. The average Bonchev–Trinajstić information content (AvgIpc) is 3.27. The van der Waals surface area contributed by atoms with Crippen LogP contribution >= 0.6 is 0 Å². The Bertz CT molecular complexity index is 2180. The highest BCUT2D eigenvalue weighted by Crippen LogP contribution is 2.40. The van der Waals surface area contributed by atoms with Crippen molar-refractivity contribution < 1.29 is 23.1 Å². The number of imidazole rings is 1. The van der Waals surface area contributed by atoms with Crippen LogP contribution in [0.2, 0.25) is 0 Å². The van der Waals surface area contributed by atoms with Crippen LogP contribution in [0.25, 0.3) is 38.8 Å². The third kappa shape index (κ3) is 5.38. The zero-order valence-electron chi connectivity index (χ0n) is 25.7. The molecule has 5 aromatic rings. The van der Waals surface area contributed by atoms with Crippen molar-refractivity contribution in [2.24, 2.45) is 12.0 Å². The molecule has 0 radical (unpaired) electrons. The predicted octanol–water partition coefficient (Wildman–Crippen LogP) is 6.46. The van der Waals surface area contributed by atoms with E-state index < -0.39 is 34.6 Å². The number of pyridine rings is 3. The molecule has 0 unspecified atom stereocenters. The Morgan fingerprint density at radius 2 is 1.67 bits per heavy atom. The van der Waals surface area contributed by atoms with Crippen LogP contribution in [0.3, 0.4) is 0 Å². The van der Waals surface area contributed by atoms with Crippen LogP contribution in [0.15, 0.2) is 60.0 Å². The second-order valence-electron chi connectivity index (χ2n) is 12.2. The van der Waals surface area contributed by atoms with Crippen LogP contribution in [0, 0.1) is 22.8 Å². The molecule has 0 atom stereocenters. The van der Waals surface area contributed by atoms with Gasteiger partial charge in [-0.05, 0) is 70.5 Å². The molecule has 0 aliphatic heterocycles. The fraction of sp³-hybridized carbons (Fsp3) is 0.281. The summed E-state index contributed by atoms with van der Waals surface area (Å²) < 4.78 is 46.5. The van der Waals surface area contributed by atoms with Gasteiger partial charge in [-0.25, -0.2) is 9.78 Å². The van der Waals surface area contributed by atoms with Crippen molar-refractivity contribution in [1.82, 2.24) is 24.1 Å². The minimum absolute atomic E-state index is 0.100. The van der Waals surface area contributed by atoms with Gasteiger partial charge in [-0.1, -0.05) is 6.07 Å². The number of aromatic nitrogens is 5. The monoisotopic (exact) mass is 627 g/mol. The maximum absolute atomic E-state index is 14.4. The number of nitriles is 2. The summed E-state index contributed by atoms with van der Waals surface area (Å²) in [5, 5.41) is 29.4. The summed E-state index contributed by atoms with van der Waals surface area (Å²) in [4.78, 5) is 29.7. The highest BCUT2D eigenvalue weighted by atomic mass is 19.4. The van der Waals surface area contributed by atoms with E-state index in [2.05, 4.69) is 26.0 Å². The molecule has 4 heterocycles. The molecule has 5 rings (SSSR count). The van der Waals surface area contributed by atoms with Crippen LogP contribution in [0.5, 0.6) is 0 Å². The Morgan fingerprint density at radius 1 is 0.957 bits per heavy atom. The predicted molar refractivity (Wildman–Crippen MR) is 164 cm³/mol. The number of hydrogen-bond acceptors (Lipinski definition) is 7. The molecule has 1 N–H and O–H groups in total. The van der Waals surface area contributed by atoms with Crippen LogP contribution in [-0.2, 0) is 18.6 Å². The SMILES string of the molecule is Cn1c(=NC#N)n(-c2ccc(C(C)(C)C#N)nc2)c2c3cc(-c4cnc(N(C(=O)O)C(C)(C)C)c(C(F)(F)F)c4)ccc3ncc21. The molecule has 0 saturated heterocycles. The van der Waals surface area contributed by atoms with Gasteiger partial charge in [0.15, 0.2) is 5.82 Å². The van der Waals surface area contributed by atoms with Crippen LogP contribution in [-0.4, -0.2) is 40.8 Å². The molecular weight excluding hydrogens is 599 g/mol. The third-order valence-corrected chi connectivity index (χ3v) is 7.56. The fourth-order valence-corrected chi connectivity index (χ4v) is 5.24. The highest BCUT2D eigenvalue weighted by Gasteiger charge is 2.40. The summed E-state index contributed by atoms with van der Waals surface area (Å²) in [6.07, 6.45) is -0.284. The third-order valence-electron chi connectivity index (χ3n) is 7.56. The first-order chi connectivity index (χ1) is 21.5. The molecule has 46 heavy (non-hydrogen) atoms. The maximum atomic E-state index is 14.4. The Morgan fingerprint density at radius 3 is 2.24 bits per heavy atom. The molecule has 0 spiro atoms. The number of amides is 1. The molecule has 11 nitrogen and oxygen atoms in total. The Kier molecular flexibility index (Phi) is 7.57. The molecule has 0 aliphatic carbocycles. The number of nitrogens with zero attached hydrogens (tertiary/aromatic N) is 9. The minimum Gasteiger partial charge on any atom is -0.465 e. The van der Waals surface area contributed by atoms with Crippen LogP contribution in [0.1, 0.15) is 45.9 Å². The summed E-state index contributed by atoms with van der Waals surface area (Å²) in [5.74, 6) is -0.722. The van der Waals surface area contributed by atoms with Crippen LogP contribution < -0.4 is 10.5 Å². The number of halogens is 3. The summed E-state index contributed by atoms with van der Waals surface area (Å²) >= 11 is 0.